The van der Waals surface area contributed by atoms with Crippen LogP contribution in [0.15, 0.2) is 59.5 Å². The SMILES string of the molecule is CSc1ccc(N2CC(C(=O)NCc3ccccc3)CC2=O)cc1. The number of benzene rings is 2. The molecule has 0 saturated carbocycles. The Balaban J connectivity index is 1.60. The summed E-state index contributed by atoms with van der Waals surface area (Å²) in [4.78, 5) is 27.5. The van der Waals surface area contributed by atoms with Gasteiger partial charge in [0.1, 0.15) is 0 Å². The smallest absolute Gasteiger partial charge is 0.227 e. The monoisotopic (exact) mass is 340 g/mol. The average Bonchev–Trinajstić information content (AvgIpc) is 3.02. The number of rotatable bonds is 5. The topological polar surface area (TPSA) is 49.4 Å². The Kier molecular flexibility index (Phi) is 5.20. The summed E-state index contributed by atoms with van der Waals surface area (Å²) in [6, 6.07) is 17.6. The molecule has 0 spiro atoms. The second kappa shape index (κ2) is 7.53. The fraction of sp³-hybridized carbons (Fsp3) is 0.263. The van der Waals surface area contributed by atoms with Gasteiger partial charge in [0.15, 0.2) is 0 Å². The second-order valence-electron chi connectivity index (χ2n) is 5.81. The van der Waals surface area contributed by atoms with E-state index in [1.165, 1.54) is 0 Å². The highest BCUT2D eigenvalue weighted by Crippen LogP contribution is 2.27. The second-order valence-corrected chi connectivity index (χ2v) is 6.69. The largest absolute Gasteiger partial charge is 0.352 e. The van der Waals surface area contributed by atoms with Crippen molar-refractivity contribution in [3.63, 3.8) is 0 Å². The molecule has 2 aromatic rings. The molecule has 1 atom stereocenters. The van der Waals surface area contributed by atoms with Crippen molar-refractivity contribution < 1.29 is 9.59 Å². The van der Waals surface area contributed by atoms with Crippen molar-refractivity contribution in [2.75, 3.05) is 17.7 Å². The fourth-order valence-electron chi connectivity index (χ4n) is 2.82. The Bertz CT molecular complexity index is 716. The maximum Gasteiger partial charge on any atom is 0.227 e. The van der Waals surface area contributed by atoms with Gasteiger partial charge in [-0.25, -0.2) is 0 Å². The van der Waals surface area contributed by atoms with Gasteiger partial charge in [-0.05, 0) is 36.1 Å². The number of nitrogens with zero attached hydrogens (tertiary/aromatic N) is 1. The van der Waals surface area contributed by atoms with E-state index in [-0.39, 0.29) is 24.2 Å². The van der Waals surface area contributed by atoms with E-state index in [2.05, 4.69) is 5.32 Å². The maximum atomic E-state index is 12.3. The molecule has 2 amide bonds. The third-order valence-electron chi connectivity index (χ3n) is 4.19. The van der Waals surface area contributed by atoms with Crippen molar-refractivity contribution in [3.05, 3.63) is 60.2 Å². The van der Waals surface area contributed by atoms with Gasteiger partial charge in [-0.3, -0.25) is 9.59 Å². The third kappa shape index (κ3) is 3.79. The summed E-state index contributed by atoms with van der Waals surface area (Å²) in [6.07, 6.45) is 2.29. The van der Waals surface area contributed by atoms with Crippen molar-refractivity contribution in [3.8, 4) is 0 Å². The van der Waals surface area contributed by atoms with E-state index < -0.39 is 0 Å². The first kappa shape index (κ1) is 16.6. The minimum absolute atomic E-state index is 0.00626. The average molecular weight is 340 g/mol. The number of nitrogens with one attached hydrogen (secondary N) is 1. The molecule has 4 nitrogen and oxygen atoms in total. The number of anilines is 1. The normalized spacial score (nSPS) is 17.1. The first-order valence-electron chi connectivity index (χ1n) is 7.93. The number of carbonyl (C=O) groups excluding carboxylic acids is 2. The third-order valence-corrected chi connectivity index (χ3v) is 4.93. The van der Waals surface area contributed by atoms with Crippen molar-refractivity contribution in [2.45, 2.75) is 17.9 Å². The molecule has 0 radical (unpaired) electrons. The van der Waals surface area contributed by atoms with Gasteiger partial charge in [0, 0.05) is 30.1 Å². The van der Waals surface area contributed by atoms with Crippen molar-refractivity contribution >= 4 is 29.3 Å². The Labute approximate surface area is 146 Å². The molecular weight excluding hydrogens is 320 g/mol. The molecule has 1 N–H and O–H groups in total. The predicted octanol–water partition coefficient (Wildman–Crippen LogP) is 3.08. The number of amides is 2. The molecule has 5 heteroatoms. The Morgan fingerprint density at radius 1 is 1.17 bits per heavy atom. The van der Waals surface area contributed by atoms with Gasteiger partial charge in [-0.2, -0.15) is 0 Å². The summed E-state index contributed by atoms with van der Waals surface area (Å²) in [5.41, 5.74) is 1.91. The lowest BCUT2D eigenvalue weighted by atomic mass is 10.1. The summed E-state index contributed by atoms with van der Waals surface area (Å²) in [5.74, 6) is -0.344. The summed E-state index contributed by atoms with van der Waals surface area (Å²) in [6.45, 7) is 0.935. The van der Waals surface area contributed by atoms with E-state index in [0.717, 1.165) is 16.1 Å². The Morgan fingerprint density at radius 3 is 2.54 bits per heavy atom. The van der Waals surface area contributed by atoms with Gasteiger partial charge in [-0.15, -0.1) is 11.8 Å². The van der Waals surface area contributed by atoms with Crippen LogP contribution in [0.25, 0.3) is 0 Å². The summed E-state index contributed by atoms with van der Waals surface area (Å²) >= 11 is 1.66. The summed E-state index contributed by atoms with van der Waals surface area (Å²) in [5, 5.41) is 2.93. The predicted molar refractivity (Wildman–Crippen MR) is 97.0 cm³/mol. The van der Waals surface area contributed by atoms with Gasteiger partial charge in [-0.1, -0.05) is 30.3 Å². The lowest BCUT2D eigenvalue weighted by Gasteiger charge is -2.17. The van der Waals surface area contributed by atoms with Crippen LogP contribution in [-0.2, 0) is 16.1 Å². The van der Waals surface area contributed by atoms with Crippen LogP contribution in [0.1, 0.15) is 12.0 Å². The van der Waals surface area contributed by atoms with E-state index in [1.807, 2.05) is 60.9 Å². The highest BCUT2D eigenvalue weighted by molar-refractivity contribution is 7.98. The first-order chi connectivity index (χ1) is 11.7. The maximum absolute atomic E-state index is 12.3. The van der Waals surface area contributed by atoms with Crippen LogP contribution in [0.2, 0.25) is 0 Å². The van der Waals surface area contributed by atoms with Crippen LogP contribution in [-0.4, -0.2) is 24.6 Å². The molecule has 24 heavy (non-hydrogen) atoms. The van der Waals surface area contributed by atoms with Crippen LogP contribution in [0.3, 0.4) is 0 Å². The molecule has 1 aliphatic rings. The molecule has 0 aromatic heterocycles. The van der Waals surface area contributed by atoms with Crippen LogP contribution in [0, 0.1) is 5.92 Å². The van der Waals surface area contributed by atoms with E-state index in [4.69, 9.17) is 0 Å². The zero-order valence-corrected chi connectivity index (χ0v) is 14.4. The molecule has 0 bridgehead atoms. The van der Waals surface area contributed by atoms with E-state index in [9.17, 15) is 9.59 Å². The molecule has 1 aliphatic heterocycles. The Hall–Kier alpha value is -2.27. The van der Waals surface area contributed by atoms with Gasteiger partial charge >= 0.3 is 0 Å². The molecule has 3 rings (SSSR count). The zero-order valence-electron chi connectivity index (χ0n) is 13.6. The number of hydrogen-bond donors (Lipinski definition) is 1. The quantitative estimate of drug-likeness (QED) is 0.851. The summed E-state index contributed by atoms with van der Waals surface area (Å²) in [7, 11) is 0. The van der Waals surface area contributed by atoms with Gasteiger partial charge in [0.05, 0.1) is 5.92 Å². The van der Waals surface area contributed by atoms with Crippen LogP contribution >= 0.6 is 11.8 Å². The number of hydrogen-bond acceptors (Lipinski definition) is 3. The molecule has 124 valence electrons. The summed E-state index contributed by atoms with van der Waals surface area (Å²) < 4.78 is 0. The number of carbonyl (C=O) groups is 2. The lowest BCUT2D eigenvalue weighted by molar-refractivity contribution is -0.126. The Morgan fingerprint density at radius 2 is 1.88 bits per heavy atom. The highest BCUT2D eigenvalue weighted by atomic mass is 32.2. The van der Waals surface area contributed by atoms with E-state index in [1.54, 1.807) is 16.7 Å². The number of thioether (sulfide) groups is 1. The zero-order chi connectivity index (χ0) is 16.9. The fourth-order valence-corrected chi connectivity index (χ4v) is 3.23. The minimum Gasteiger partial charge on any atom is -0.352 e. The highest BCUT2D eigenvalue weighted by Gasteiger charge is 2.34. The van der Waals surface area contributed by atoms with Crippen LogP contribution < -0.4 is 10.2 Å². The first-order valence-corrected chi connectivity index (χ1v) is 9.16. The molecule has 1 saturated heterocycles. The van der Waals surface area contributed by atoms with E-state index in [0.29, 0.717) is 13.1 Å². The van der Waals surface area contributed by atoms with Gasteiger partial charge < -0.3 is 10.2 Å². The lowest BCUT2D eigenvalue weighted by Crippen LogP contribution is -2.32. The van der Waals surface area contributed by atoms with Crippen LogP contribution in [0.4, 0.5) is 5.69 Å². The van der Waals surface area contributed by atoms with Gasteiger partial charge in [0.2, 0.25) is 11.8 Å². The molecular formula is C19H20N2O2S. The van der Waals surface area contributed by atoms with E-state index >= 15 is 0 Å². The molecule has 0 aliphatic carbocycles. The van der Waals surface area contributed by atoms with Gasteiger partial charge in [0.25, 0.3) is 0 Å². The molecule has 1 fully saturated rings. The standard InChI is InChI=1S/C19H20N2O2S/c1-24-17-9-7-16(8-10-17)21-13-15(11-18(21)22)19(23)20-12-14-5-3-2-4-6-14/h2-10,15H,11-13H2,1H3,(H,20,23). The molecule has 2 aromatic carbocycles. The van der Waals surface area contributed by atoms with Crippen molar-refractivity contribution in [2.24, 2.45) is 5.92 Å². The van der Waals surface area contributed by atoms with Crippen molar-refractivity contribution in [1.82, 2.24) is 5.32 Å². The molecule has 1 heterocycles. The van der Waals surface area contributed by atoms with Crippen molar-refractivity contribution in [1.29, 1.82) is 0 Å². The minimum atomic E-state index is -0.290. The van der Waals surface area contributed by atoms with Crippen LogP contribution in [0.5, 0.6) is 0 Å². The molecule has 1 unspecified atom stereocenters.